The third kappa shape index (κ3) is 25.1. The van der Waals surface area contributed by atoms with Crippen LogP contribution >= 0.6 is 34.8 Å². The molecule has 0 heterocycles. The van der Waals surface area contributed by atoms with Crippen molar-refractivity contribution >= 4 is 41.5 Å². The highest BCUT2D eigenvalue weighted by Gasteiger charge is 2.19. The zero-order valence-corrected chi connectivity index (χ0v) is 20.3. The minimum Gasteiger partial charge on any atom is -0.179 e. The second-order valence-corrected chi connectivity index (χ2v) is 16.6. The SMILES string of the molecule is C[Si](Cl)(Cl)CCCCCCCCCCCCCCCCCCCCS. The van der Waals surface area contributed by atoms with Gasteiger partial charge in [0.2, 0.25) is 6.69 Å². The molecule has 0 N–H and O–H groups in total. The summed E-state index contributed by atoms with van der Waals surface area (Å²) >= 11 is 16.5. The molecule has 0 aromatic heterocycles. The van der Waals surface area contributed by atoms with Gasteiger partial charge in [0.05, 0.1) is 0 Å². The molecule has 4 heteroatoms. The Morgan fingerprint density at radius 3 is 0.960 bits per heavy atom. The van der Waals surface area contributed by atoms with Crippen molar-refractivity contribution in [2.75, 3.05) is 5.75 Å². The molecule has 25 heavy (non-hydrogen) atoms. The average Bonchev–Trinajstić information content (AvgIpc) is 2.56. The van der Waals surface area contributed by atoms with Crippen molar-refractivity contribution in [2.24, 2.45) is 0 Å². The van der Waals surface area contributed by atoms with Crippen molar-refractivity contribution in [1.82, 2.24) is 0 Å². The summed E-state index contributed by atoms with van der Waals surface area (Å²) in [6.07, 6.45) is 25.3. The van der Waals surface area contributed by atoms with Crippen LogP contribution in [0.25, 0.3) is 0 Å². The van der Waals surface area contributed by atoms with Gasteiger partial charge in [0.15, 0.2) is 0 Å². The van der Waals surface area contributed by atoms with Gasteiger partial charge in [-0.25, -0.2) is 0 Å². The van der Waals surface area contributed by atoms with E-state index in [1.807, 2.05) is 6.55 Å². The van der Waals surface area contributed by atoms with E-state index in [9.17, 15) is 0 Å². The second-order valence-electron chi connectivity index (χ2n) is 7.91. The molecule has 0 radical (unpaired) electrons. The minimum absolute atomic E-state index is 1.06. The summed E-state index contributed by atoms with van der Waals surface area (Å²) in [5.41, 5.74) is 0. The van der Waals surface area contributed by atoms with Crippen LogP contribution in [-0.4, -0.2) is 12.4 Å². The monoisotopic (exact) mass is 426 g/mol. The van der Waals surface area contributed by atoms with Gasteiger partial charge in [-0.15, -0.1) is 22.2 Å². The fraction of sp³-hybridized carbons (Fsp3) is 1.00. The average molecular weight is 428 g/mol. The fourth-order valence-corrected chi connectivity index (χ4v) is 5.27. The van der Waals surface area contributed by atoms with E-state index in [4.69, 9.17) is 22.2 Å². The Labute approximate surface area is 175 Å². The first-order chi connectivity index (χ1) is 12.1. The number of hydrogen-bond donors (Lipinski definition) is 1. The van der Waals surface area contributed by atoms with Gasteiger partial charge >= 0.3 is 0 Å². The molecule has 0 aliphatic carbocycles. The van der Waals surface area contributed by atoms with Crippen LogP contribution in [0.3, 0.4) is 0 Å². The number of halogens is 2. The summed E-state index contributed by atoms with van der Waals surface area (Å²) in [7, 11) is 0. The van der Waals surface area contributed by atoms with Gasteiger partial charge in [0.1, 0.15) is 0 Å². The lowest BCUT2D eigenvalue weighted by atomic mass is 10.0. The summed E-state index contributed by atoms with van der Waals surface area (Å²) in [6.45, 7) is 0.203. The summed E-state index contributed by atoms with van der Waals surface area (Å²) in [4.78, 5) is 0. The van der Waals surface area contributed by atoms with Crippen LogP contribution in [0.2, 0.25) is 12.6 Å². The van der Waals surface area contributed by atoms with Crippen LogP contribution in [0.4, 0.5) is 0 Å². The quantitative estimate of drug-likeness (QED) is 0.0850. The Morgan fingerprint density at radius 1 is 0.480 bits per heavy atom. The Hall–Kier alpha value is 1.15. The van der Waals surface area contributed by atoms with Crippen LogP contribution in [0.15, 0.2) is 0 Å². The largest absolute Gasteiger partial charge is 0.248 e. The minimum atomic E-state index is -1.83. The van der Waals surface area contributed by atoms with Gasteiger partial charge in [-0.1, -0.05) is 109 Å². The molecule has 0 fully saturated rings. The summed E-state index contributed by atoms with van der Waals surface area (Å²) < 4.78 is 0. The van der Waals surface area contributed by atoms with Crippen molar-refractivity contribution in [3.8, 4) is 0 Å². The van der Waals surface area contributed by atoms with Crippen LogP contribution in [-0.2, 0) is 0 Å². The molecule has 0 bridgehead atoms. The van der Waals surface area contributed by atoms with E-state index in [-0.39, 0.29) is 0 Å². The lowest BCUT2D eigenvalue weighted by Gasteiger charge is -2.09. The Bertz CT molecular complexity index is 257. The molecule has 0 saturated carbocycles. The van der Waals surface area contributed by atoms with E-state index >= 15 is 0 Å². The molecule has 0 atom stereocenters. The zero-order valence-electron chi connectivity index (χ0n) is 16.8. The Balaban J connectivity index is 3.01. The van der Waals surface area contributed by atoms with Gasteiger partial charge < -0.3 is 0 Å². The topological polar surface area (TPSA) is 0 Å². The lowest BCUT2D eigenvalue weighted by Crippen LogP contribution is -2.11. The van der Waals surface area contributed by atoms with Crippen molar-refractivity contribution in [1.29, 1.82) is 0 Å². The van der Waals surface area contributed by atoms with Crippen LogP contribution in [0, 0.1) is 0 Å². The van der Waals surface area contributed by atoms with Crippen molar-refractivity contribution in [3.63, 3.8) is 0 Å². The van der Waals surface area contributed by atoms with Gasteiger partial charge in [-0.05, 0) is 24.8 Å². The van der Waals surface area contributed by atoms with Crippen LogP contribution in [0.5, 0.6) is 0 Å². The molecular weight excluding hydrogens is 383 g/mol. The maximum absolute atomic E-state index is 6.12. The first kappa shape index (κ1) is 26.1. The van der Waals surface area contributed by atoms with E-state index in [0.29, 0.717) is 0 Å². The zero-order chi connectivity index (χ0) is 18.6. The van der Waals surface area contributed by atoms with Crippen molar-refractivity contribution in [2.45, 2.75) is 128 Å². The van der Waals surface area contributed by atoms with Crippen molar-refractivity contribution < 1.29 is 0 Å². The Morgan fingerprint density at radius 2 is 0.720 bits per heavy atom. The van der Waals surface area contributed by atoms with Gasteiger partial charge in [-0.2, -0.15) is 12.6 Å². The van der Waals surface area contributed by atoms with E-state index in [2.05, 4.69) is 12.6 Å². The molecular formula is C21H44Cl2SSi. The number of thiol groups is 1. The molecule has 0 amide bonds. The molecule has 0 aliphatic rings. The lowest BCUT2D eigenvalue weighted by molar-refractivity contribution is 0.526. The number of rotatable bonds is 20. The normalized spacial score (nSPS) is 12.0. The molecule has 0 unspecified atom stereocenters. The highest BCUT2D eigenvalue weighted by atomic mass is 35.7. The fourth-order valence-electron chi connectivity index (χ4n) is 3.38. The van der Waals surface area contributed by atoms with Gasteiger partial charge in [-0.3, -0.25) is 0 Å². The summed E-state index contributed by atoms with van der Waals surface area (Å²) in [5, 5.41) is 0. The predicted octanol–water partition coefficient (Wildman–Crippen LogP) is 9.49. The standard InChI is InChI=1S/C21H44Cl2SSi/c1-25(22,23)21-19-17-15-13-11-9-7-5-3-2-4-6-8-10-12-14-16-18-20-24/h24H,2-21H2,1H3. The van der Waals surface area contributed by atoms with E-state index in [1.54, 1.807) is 0 Å². The maximum atomic E-state index is 6.12. The first-order valence-corrected chi connectivity index (χ1v) is 16.4. The smallest absolute Gasteiger partial charge is 0.179 e. The second kappa shape index (κ2) is 19.9. The molecule has 0 aromatic carbocycles. The first-order valence-electron chi connectivity index (χ1n) is 11.0. The summed E-state index contributed by atoms with van der Waals surface area (Å²) in [5.74, 6) is 1.06. The Kier molecular flexibility index (Phi) is 20.8. The number of unbranched alkanes of at least 4 members (excludes halogenated alkanes) is 17. The maximum Gasteiger partial charge on any atom is 0.248 e. The third-order valence-electron chi connectivity index (χ3n) is 5.02. The summed E-state index contributed by atoms with van der Waals surface area (Å²) in [6, 6.07) is 1.06. The van der Waals surface area contributed by atoms with Crippen LogP contribution < -0.4 is 0 Å². The van der Waals surface area contributed by atoms with Crippen LogP contribution in [0.1, 0.15) is 116 Å². The van der Waals surface area contributed by atoms with Gasteiger partial charge in [0, 0.05) is 0 Å². The molecule has 0 spiro atoms. The molecule has 0 saturated heterocycles. The third-order valence-corrected chi connectivity index (χ3v) is 7.71. The predicted molar refractivity (Wildman–Crippen MR) is 125 cm³/mol. The highest BCUT2D eigenvalue weighted by molar-refractivity contribution is 7.80. The molecule has 0 rings (SSSR count). The molecule has 0 nitrogen and oxygen atoms in total. The number of hydrogen-bond acceptors (Lipinski definition) is 1. The van der Waals surface area contributed by atoms with E-state index in [1.165, 1.54) is 116 Å². The van der Waals surface area contributed by atoms with Gasteiger partial charge in [0.25, 0.3) is 0 Å². The van der Waals surface area contributed by atoms with Crippen molar-refractivity contribution in [3.05, 3.63) is 0 Å². The van der Waals surface area contributed by atoms with E-state index < -0.39 is 6.69 Å². The molecule has 152 valence electrons. The molecule has 0 aromatic rings. The molecule has 0 aliphatic heterocycles. The highest BCUT2D eigenvalue weighted by Crippen LogP contribution is 2.23. The van der Waals surface area contributed by atoms with E-state index in [0.717, 1.165) is 11.8 Å².